The first kappa shape index (κ1) is 16.9. The highest BCUT2D eigenvalue weighted by molar-refractivity contribution is 6.42. The lowest BCUT2D eigenvalue weighted by Crippen LogP contribution is -2.02. The third-order valence-corrected chi connectivity index (χ3v) is 3.54. The quantitative estimate of drug-likeness (QED) is 0.503. The minimum atomic E-state index is -0.785. The zero-order valence-electron chi connectivity index (χ0n) is 11.7. The Morgan fingerprint density at radius 1 is 1.26 bits per heavy atom. The molecule has 2 aromatic rings. The van der Waals surface area contributed by atoms with E-state index < -0.39 is 16.4 Å². The molecule has 0 saturated heterocycles. The SMILES string of the molecule is COc1cc(/C=N\Nc2ccc(Cl)c(Cl)c2)cc([N+](=O)[O-])c1[O-]. The van der Waals surface area contributed by atoms with Crippen molar-refractivity contribution >= 4 is 40.8 Å². The van der Waals surface area contributed by atoms with Gasteiger partial charge in [0.25, 0.3) is 5.69 Å². The van der Waals surface area contributed by atoms with Gasteiger partial charge in [-0.15, -0.1) is 0 Å². The molecule has 0 bridgehead atoms. The Bertz CT molecular complexity index is 781. The van der Waals surface area contributed by atoms with Crippen LogP contribution in [0.25, 0.3) is 0 Å². The van der Waals surface area contributed by atoms with Crippen molar-refractivity contribution in [3.63, 3.8) is 0 Å². The van der Waals surface area contributed by atoms with Gasteiger partial charge in [-0.25, -0.2) is 0 Å². The van der Waals surface area contributed by atoms with Crippen LogP contribution in [0.4, 0.5) is 11.4 Å². The Kier molecular flexibility index (Phi) is 5.25. The Morgan fingerprint density at radius 3 is 2.61 bits per heavy atom. The molecule has 0 unspecified atom stereocenters. The molecule has 7 nitrogen and oxygen atoms in total. The van der Waals surface area contributed by atoms with E-state index in [1.54, 1.807) is 18.2 Å². The minimum Gasteiger partial charge on any atom is -0.865 e. The van der Waals surface area contributed by atoms with Crippen LogP contribution in [0.1, 0.15) is 5.56 Å². The van der Waals surface area contributed by atoms with Crippen molar-refractivity contribution in [2.45, 2.75) is 0 Å². The number of nitrogens with one attached hydrogen (secondary N) is 1. The fraction of sp³-hybridized carbons (Fsp3) is 0.0714. The van der Waals surface area contributed by atoms with Crippen LogP contribution in [-0.4, -0.2) is 18.2 Å². The number of rotatable bonds is 5. The number of hydrazone groups is 1. The average molecular weight is 355 g/mol. The van der Waals surface area contributed by atoms with E-state index in [9.17, 15) is 15.2 Å². The van der Waals surface area contributed by atoms with Crippen LogP contribution >= 0.6 is 23.2 Å². The van der Waals surface area contributed by atoms with E-state index >= 15 is 0 Å². The first-order chi connectivity index (χ1) is 10.9. The van der Waals surface area contributed by atoms with Gasteiger partial charge in [-0.05, 0) is 24.3 Å². The molecule has 0 atom stereocenters. The molecular formula is C14H10Cl2N3O4-. The van der Waals surface area contributed by atoms with Gasteiger partial charge in [-0.3, -0.25) is 15.5 Å². The van der Waals surface area contributed by atoms with Gasteiger partial charge in [-0.1, -0.05) is 23.2 Å². The summed E-state index contributed by atoms with van der Waals surface area (Å²) in [5.74, 6) is -0.915. The number of ether oxygens (including phenoxy) is 1. The zero-order valence-corrected chi connectivity index (χ0v) is 13.3. The molecule has 2 aromatic carbocycles. The van der Waals surface area contributed by atoms with Crippen molar-refractivity contribution in [1.29, 1.82) is 0 Å². The molecule has 120 valence electrons. The molecule has 0 aliphatic rings. The number of nitro benzene ring substituents is 1. The van der Waals surface area contributed by atoms with Crippen LogP contribution in [0.5, 0.6) is 11.5 Å². The summed E-state index contributed by atoms with van der Waals surface area (Å²) in [7, 11) is 1.26. The summed E-state index contributed by atoms with van der Waals surface area (Å²) in [5.41, 5.74) is 3.03. The van der Waals surface area contributed by atoms with Crippen molar-refractivity contribution in [3.05, 3.63) is 56.1 Å². The molecule has 0 aliphatic carbocycles. The van der Waals surface area contributed by atoms with Crippen LogP contribution in [0.2, 0.25) is 10.0 Å². The molecule has 0 saturated carbocycles. The number of nitro groups is 1. The van der Waals surface area contributed by atoms with Crippen LogP contribution in [0.3, 0.4) is 0 Å². The largest absolute Gasteiger partial charge is 0.865 e. The highest BCUT2D eigenvalue weighted by Crippen LogP contribution is 2.34. The predicted octanol–water partition coefficient (Wildman–Crippen LogP) is 3.43. The van der Waals surface area contributed by atoms with E-state index in [1.807, 2.05) is 0 Å². The monoisotopic (exact) mass is 354 g/mol. The van der Waals surface area contributed by atoms with E-state index in [0.29, 0.717) is 21.3 Å². The van der Waals surface area contributed by atoms with E-state index in [4.69, 9.17) is 27.9 Å². The average Bonchev–Trinajstić information content (AvgIpc) is 2.51. The van der Waals surface area contributed by atoms with E-state index in [2.05, 4.69) is 10.5 Å². The molecule has 0 fully saturated rings. The number of methoxy groups -OCH3 is 1. The Hall–Kier alpha value is -2.51. The lowest BCUT2D eigenvalue weighted by molar-refractivity contribution is -0.398. The van der Waals surface area contributed by atoms with Gasteiger partial charge in [0.1, 0.15) is 5.75 Å². The van der Waals surface area contributed by atoms with E-state index in [0.717, 1.165) is 6.07 Å². The van der Waals surface area contributed by atoms with Gasteiger partial charge in [0.2, 0.25) is 0 Å². The number of hydrogen-bond acceptors (Lipinski definition) is 6. The summed E-state index contributed by atoms with van der Waals surface area (Å²) in [6.07, 6.45) is 1.32. The lowest BCUT2D eigenvalue weighted by atomic mass is 10.2. The van der Waals surface area contributed by atoms with Gasteiger partial charge in [0.05, 0.1) is 34.0 Å². The normalized spacial score (nSPS) is 10.7. The smallest absolute Gasteiger partial charge is 0.266 e. The van der Waals surface area contributed by atoms with Gasteiger partial charge >= 0.3 is 0 Å². The van der Waals surface area contributed by atoms with Crippen LogP contribution in [0.15, 0.2) is 35.4 Å². The first-order valence-corrected chi connectivity index (χ1v) is 6.95. The maximum atomic E-state index is 11.7. The predicted molar refractivity (Wildman–Crippen MR) is 86.8 cm³/mol. The first-order valence-electron chi connectivity index (χ1n) is 6.20. The summed E-state index contributed by atoms with van der Waals surface area (Å²) < 4.78 is 4.84. The third kappa shape index (κ3) is 4.02. The highest BCUT2D eigenvalue weighted by atomic mass is 35.5. The minimum absolute atomic E-state index is 0.129. The number of nitrogens with zero attached hydrogens (tertiary/aromatic N) is 2. The summed E-state index contributed by atoms with van der Waals surface area (Å²) in [6.45, 7) is 0. The van der Waals surface area contributed by atoms with Crippen molar-refractivity contribution in [3.8, 4) is 11.5 Å². The second kappa shape index (κ2) is 7.17. The number of anilines is 1. The second-order valence-electron chi connectivity index (χ2n) is 4.33. The Labute approximate surface area is 141 Å². The van der Waals surface area contributed by atoms with Crippen LogP contribution in [-0.2, 0) is 0 Å². The van der Waals surface area contributed by atoms with Crippen molar-refractivity contribution < 1.29 is 14.8 Å². The van der Waals surface area contributed by atoms with Crippen LogP contribution in [0, 0.1) is 10.1 Å². The molecule has 0 amide bonds. The molecule has 0 heterocycles. The molecule has 1 N–H and O–H groups in total. The van der Waals surface area contributed by atoms with E-state index in [-0.39, 0.29) is 5.75 Å². The van der Waals surface area contributed by atoms with Gasteiger partial charge in [-0.2, -0.15) is 5.10 Å². The molecule has 2 rings (SSSR count). The number of hydrogen-bond donors (Lipinski definition) is 1. The maximum absolute atomic E-state index is 11.7. The Morgan fingerprint density at radius 2 is 2.00 bits per heavy atom. The van der Waals surface area contributed by atoms with Crippen molar-refractivity contribution in [2.75, 3.05) is 12.5 Å². The van der Waals surface area contributed by atoms with E-state index in [1.165, 1.54) is 19.4 Å². The van der Waals surface area contributed by atoms with Crippen molar-refractivity contribution in [1.82, 2.24) is 0 Å². The number of benzene rings is 2. The summed E-state index contributed by atoms with van der Waals surface area (Å²) >= 11 is 11.7. The molecule has 0 aromatic heterocycles. The fourth-order valence-electron chi connectivity index (χ4n) is 1.72. The summed E-state index contributed by atoms with van der Waals surface area (Å²) in [5, 5.41) is 27.3. The topological polar surface area (TPSA) is 99.8 Å². The molecule has 0 aliphatic heterocycles. The molecule has 23 heavy (non-hydrogen) atoms. The standard InChI is InChI=1S/C14H11Cl2N3O4/c1-23-13-5-8(4-12(14(13)20)19(21)22)7-17-18-9-2-3-10(15)11(16)6-9/h2-7,18,20H,1H3/p-1/b17-7-. The zero-order chi connectivity index (χ0) is 17.0. The number of halogens is 2. The molecule has 9 heteroatoms. The highest BCUT2D eigenvalue weighted by Gasteiger charge is 2.12. The Balaban J connectivity index is 2.23. The third-order valence-electron chi connectivity index (χ3n) is 2.80. The molecule has 0 radical (unpaired) electrons. The summed E-state index contributed by atoms with van der Waals surface area (Å²) in [4.78, 5) is 10.1. The van der Waals surface area contributed by atoms with Crippen molar-refractivity contribution in [2.24, 2.45) is 5.10 Å². The maximum Gasteiger partial charge on any atom is 0.266 e. The lowest BCUT2D eigenvalue weighted by Gasteiger charge is -2.13. The molecule has 0 spiro atoms. The summed E-state index contributed by atoms with van der Waals surface area (Å²) in [6, 6.07) is 7.31. The van der Waals surface area contributed by atoms with Crippen LogP contribution < -0.4 is 15.3 Å². The molecular weight excluding hydrogens is 345 g/mol. The fourth-order valence-corrected chi connectivity index (χ4v) is 2.02. The second-order valence-corrected chi connectivity index (χ2v) is 5.14. The van der Waals surface area contributed by atoms with Gasteiger partial charge in [0.15, 0.2) is 0 Å². The van der Waals surface area contributed by atoms with Gasteiger partial charge < -0.3 is 9.84 Å². The van der Waals surface area contributed by atoms with Gasteiger partial charge in [0, 0.05) is 17.4 Å².